The molecule has 0 aliphatic rings. The van der Waals surface area contributed by atoms with Crippen LogP contribution in [0.15, 0.2) is 33.3 Å². The van der Waals surface area contributed by atoms with Crippen molar-refractivity contribution in [2.24, 2.45) is 0 Å². The zero-order chi connectivity index (χ0) is 11.7. The summed E-state index contributed by atoms with van der Waals surface area (Å²) in [7, 11) is 0. The Morgan fingerprint density at radius 1 is 1.31 bits per heavy atom. The number of aromatic nitrogens is 1. The van der Waals surface area contributed by atoms with E-state index in [0.717, 1.165) is 0 Å². The van der Waals surface area contributed by atoms with Crippen LogP contribution in [0.4, 0.5) is 0 Å². The molecular formula is C10H6BrNO4. The van der Waals surface area contributed by atoms with Crippen LogP contribution >= 0.6 is 15.9 Å². The van der Waals surface area contributed by atoms with Crippen LogP contribution in [0.5, 0.6) is 5.75 Å². The number of carboxylic acids is 1. The molecule has 0 atom stereocenters. The summed E-state index contributed by atoms with van der Waals surface area (Å²) in [5.74, 6) is -1.31. The molecule has 1 aromatic heterocycles. The largest absolute Gasteiger partial charge is 0.508 e. The van der Waals surface area contributed by atoms with Crippen LogP contribution in [0.1, 0.15) is 10.6 Å². The fourth-order valence-electron chi connectivity index (χ4n) is 1.21. The highest BCUT2D eigenvalue weighted by Crippen LogP contribution is 2.31. The Bertz CT molecular complexity index is 532. The van der Waals surface area contributed by atoms with Gasteiger partial charge in [0.05, 0.1) is 0 Å². The lowest BCUT2D eigenvalue weighted by Crippen LogP contribution is -1.93. The molecule has 1 heterocycles. The minimum Gasteiger partial charge on any atom is -0.508 e. The number of hydrogen-bond donors (Lipinski definition) is 2. The van der Waals surface area contributed by atoms with Crippen molar-refractivity contribution in [2.45, 2.75) is 0 Å². The van der Waals surface area contributed by atoms with Crippen LogP contribution in [0, 0.1) is 0 Å². The number of phenols is 1. The van der Waals surface area contributed by atoms with Crippen molar-refractivity contribution >= 4 is 21.9 Å². The zero-order valence-corrected chi connectivity index (χ0v) is 9.43. The fourth-order valence-corrected chi connectivity index (χ4v) is 1.75. The van der Waals surface area contributed by atoms with Gasteiger partial charge in [-0.25, -0.2) is 4.79 Å². The number of aromatic carboxylic acids is 1. The standard InChI is InChI=1S/C10H6BrNO4/c11-7-8(12-16-9(7)10(14)15)5-1-3-6(13)4-2-5/h1-4,13H,(H,14,15). The molecule has 0 radical (unpaired) electrons. The molecule has 0 aliphatic carbocycles. The number of phenolic OH excluding ortho intramolecular Hbond substituents is 1. The van der Waals surface area contributed by atoms with Gasteiger partial charge in [-0.1, -0.05) is 5.16 Å². The number of aromatic hydroxyl groups is 1. The molecule has 0 unspecified atom stereocenters. The summed E-state index contributed by atoms with van der Waals surface area (Å²) in [5, 5.41) is 21.5. The summed E-state index contributed by atoms with van der Waals surface area (Å²) >= 11 is 3.11. The molecule has 0 fully saturated rings. The minimum atomic E-state index is -1.19. The first-order valence-electron chi connectivity index (χ1n) is 4.27. The van der Waals surface area contributed by atoms with Gasteiger partial charge in [-0.2, -0.15) is 0 Å². The molecule has 0 saturated carbocycles. The van der Waals surface area contributed by atoms with Crippen molar-refractivity contribution in [3.8, 4) is 17.0 Å². The quantitative estimate of drug-likeness (QED) is 0.885. The molecule has 82 valence electrons. The van der Waals surface area contributed by atoms with E-state index in [2.05, 4.69) is 25.6 Å². The van der Waals surface area contributed by atoms with Crippen LogP contribution in [0.2, 0.25) is 0 Å². The SMILES string of the molecule is O=C(O)c1onc(-c2ccc(O)cc2)c1Br. The Hall–Kier alpha value is -1.82. The molecule has 0 spiro atoms. The van der Waals surface area contributed by atoms with E-state index in [0.29, 0.717) is 11.3 Å². The zero-order valence-electron chi connectivity index (χ0n) is 7.85. The maximum Gasteiger partial charge on any atom is 0.375 e. The average Bonchev–Trinajstić information content (AvgIpc) is 2.61. The van der Waals surface area contributed by atoms with E-state index in [1.807, 2.05) is 0 Å². The topological polar surface area (TPSA) is 83.6 Å². The van der Waals surface area contributed by atoms with Crippen LogP contribution in [0.25, 0.3) is 11.3 Å². The van der Waals surface area contributed by atoms with Gasteiger partial charge < -0.3 is 14.7 Å². The van der Waals surface area contributed by atoms with Crippen molar-refractivity contribution in [2.75, 3.05) is 0 Å². The lowest BCUT2D eigenvalue weighted by molar-refractivity contribution is 0.0650. The van der Waals surface area contributed by atoms with Gasteiger partial charge in [0.15, 0.2) is 0 Å². The summed E-state index contributed by atoms with van der Waals surface area (Å²) in [6.45, 7) is 0. The second-order valence-electron chi connectivity index (χ2n) is 3.03. The molecule has 2 N–H and O–H groups in total. The van der Waals surface area contributed by atoms with Crippen molar-refractivity contribution in [3.05, 3.63) is 34.5 Å². The van der Waals surface area contributed by atoms with E-state index in [1.54, 1.807) is 12.1 Å². The number of hydrogen-bond acceptors (Lipinski definition) is 4. The lowest BCUT2D eigenvalue weighted by atomic mass is 10.1. The van der Waals surface area contributed by atoms with Crippen LogP contribution in [0.3, 0.4) is 0 Å². The number of nitrogens with zero attached hydrogens (tertiary/aromatic N) is 1. The Morgan fingerprint density at radius 3 is 2.44 bits per heavy atom. The van der Waals surface area contributed by atoms with E-state index >= 15 is 0 Å². The number of benzene rings is 1. The molecule has 16 heavy (non-hydrogen) atoms. The first kappa shape index (κ1) is 10.7. The lowest BCUT2D eigenvalue weighted by Gasteiger charge is -1.96. The maximum atomic E-state index is 10.7. The van der Waals surface area contributed by atoms with Crippen molar-refractivity contribution in [1.29, 1.82) is 0 Å². The van der Waals surface area contributed by atoms with Gasteiger partial charge in [0.2, 0.25) is 0 Å². The first-order chi connectivity index (χ1) is 7.59. The smallest absolute Gasteiger partial charge is 0.375 e. The second-order valence-corrected chi connectivity index (χ2v) is 3.82. The predicted octanol–water partition coefficient (Wildman–Crippen LogP) is 2.51. The molecule has 0 bridgehead atoms. The van der Waals surface area contributed by atoms with Gasteiger partial charge in [-0.15, -0.1) is 0 Å². The van der Waals surface area contributed by atoms with Gasteiger partial charge in [0.25, 0.3) is 5.76 Å². The molecular weight excluding hydrogens is 278 g/mol. The normalized spacial score (nSPS) is 10.3. The van der Waals surface area contributed by atoms with E-state index in [9.17, 15) is 4.79 Å². The summed E-state index contributed by atoms with van der Waals surface area (Å²) < 4.78 is 4.97. The average molecular weight is 284 g/mol. The Kier molecular flexibility index (Phi) is 2.66. The summed E-state index contributed by atoms with van der Waals surface area (Å²) in [6, 6.07) is 6.20. The number of carbonyl (C=O) groups is 1. The Balaban J connectivity index is 2.49. The summed E-state index contributed by atoms with van der Waals surface area (Å²) in [6.07, 6.45) is 0. The number of rotatable bonds is 2. The molecule has 6 heteroatoms. The monoisotopic (exact) mass is 283 g/mol. The van der Waals surface area contributed by atoms with E-state index < -0.39 is 5.97 Å². The van der Waals surface area contributed by atoms with Crippen molar-refractivity contribution < 1.29 is 19.5 Å². The van der Waals surface area contributed by atoms with Crippen molar-refractivity contribution in [1.82, 2.24) is 5.16 Å². The van der Waals surface area contributed by atoms with Gasteiger partial charge in [-0.05, 0) is 40.2 Å². The highest BCUT2D eigenvalue weighted by molar-refractivity contribution is 9.10. The summed E-state index contributed by atoms with van der Waals surface area (Å²) in [5.41, 5.74) is 1.04. The Morgan fingerprint density at radius 2 is 1.94 bits per heavy atom. The van der Waals surface area contributed by atoms with E-state index in [-0.39, 0.29) is 16.0 Å². The second kappa shape index (κ2) is 3.97. The third kappa shape index (κ3) is 1.79. The van der Waals surface area contributed by atoms with Crippen LogP contribution in [-0.4, -0.2) is 21.3 Å². The highest BCUT2D eigenvalue weighted by atomic mass is 79.9. The van der Waals surface area contributed by atoms with Crippen molar-refractivity contribution in [3.63, 3.8) is 0 Å². The van der Waals surface area contributed by atoms with Crippen LogP contribution < -0.4 is 0 Å². The predicted molar refractivity (Wildman–Crippen MR) is 58.3 cm³/mol. The minimum absolute atomic E-state index is 0.127. The fraction of sp³-hybridized carbons (Fsp3) is 0. The van der Waals surface area contributed by atoms with E-state index in [1.165, 1.54) is 12.1 Å². The molecule has 2 rings (SSSR count). The third-order valence-corrected chi connectivity index (χ3v) is 2.71. The highest BCUT2D eigenvalue weighted by Gasteiger charge is 2.20. The molecule has 0 saturated heterocycles. The number of carboxylic acid groups (broad SMARTS) is 1. The Labute approximate surface area is 98.4 Å². The summed E-state index contributed by atoms with van der Waals surface area (Å²) in [4.78, 5) is 10.7. The molecule has 2 aromatic rings. The molecule has 1 aromatic carbocycles. The molecule has 5 nitrogen and oxygen atoms in total. The van der Waals surface area contributed by atoms with Crippen LogP contribution in [-0.2, 0) is 0 Å². The van der Waals surface area contributed by atoms with Gasteiger partial charge in [0.1, 0.15) is 15.9 Å². The van der Waals surface area contributed by atoms with Gasteiger partial charge in [-0.3, -0.25) is 0 Å². The first-order valence-corrected chi connectivity index (χ1v) is 5.06. The van der Waals surface area contributed by atoms with Gasteiger partial charge in [0, 0.05) is 5.56 Å². The third-order valence-electron chi connectivity index (χ3n) is 1.97. The van der Waals surface area contributed by atoms with E-state index in [4.69, 9.17) is 10.2 Å². The molecule has 0 amide bonds. The van der Waals surface area contributed by atoms with Gasteiger partial charge >= 0.3 is 5.97 Å². The maximum absolute atomic E-state index is 10.7. The number of halogens is 1. The molecule has 0 aliphatic heterocycles.